The fraction of sp³-hybridized carbons (Fsp3) is 0.294. The number of benzene rings is 1. The van der Waals surface area contributed by atoms with Gasteiger partial charge in [0.1, 0.15) is 5.82 Å². The predicted octanol–water partition coefficient (Wildman–Crippen LogP) is 3.82. The smallest absolute Gasteiger partial charge is 0.227 e. The second kappa shape index (κ2) is 7.45. The quantitative estimate of drug-likeness (QED) is 0.851. The van der Waals surface area contributed by atoms with Gasteiger partial charge < -0.3 is 15.4 Å². The molecule has 0 aliphatic carbocycles. The van der Waals surface area contributed by atoms with Crippen LogP contribution in [0.1, 0.15) is 20.3 Å². The Kier molecular flexibility index (Phi) is 5.36. The van der Waals surface area contributed by atoms with Gasteiger partial charge in [0.2, 0.25) is 11.8 Å². The van der Waals surface area contributed by atoms with E-state index in [9.17, 15) is 4.79 Å². The Balaban J connectivity index is 2.19. The van der Waals surface area contributed by atoms with Gasteiger partial charge in [0.05, 0.1) is 18.5 Å². The van der Waals surface area contributed by atoms with Crippen LogP contribution >= 0.6 is 0 Å². The molecule has 1 atom stereocenters. The molecule has 5 nitrogen and oxygen atoms in total. The van der Waals surface area contributed by atoms with Gasteiger partial charge in [0, 0.05) is 12.0 Å². The van der Waals surface area contributed by atoms with Crippen molar-refractivity contribution in [1.82, 2.24) is 4.98 Å². The Morgan fingerprint density at radius 3 is 2.59 bits per heavy atom. The molecule has 1 amide bonds. The van der Waals surface area contributed by atoms with E-state index in [4.69, 9.17) is 4.74 Å². The van der Waals surface area contributed by atoms with E-state index in [1.54, 1.807) is 13.2 Å². The van der Waals surface area contributed by atoms with Crippen molar-refractivity contribution in [2.45, 2.75) is 20.3 Å². The van der Waals surface area contributed by atoms with Crippen LogP contribution in [0.15, 0.2) is 42.5 Å². The van der Waals surface area contributed by atoms with Crippen LogP contribution in [0.5, 0.6) is 5.88 Å². The van der Waals surface area contributed by atoms with Crippen molar-refractivity contribution in [2.24, 2.45) is 5.92 Å². The molecular weight excluding hydrogens is 278 g/mol. The minimum absolute atomic E-state index is 0.00958. The number of anilines is 3. The first-order valence-corrected chi connectivity index (χ1v) is 7.32. The number of ether oxygens (including phenoxy) is 1. The molecule has 5 heteroatoms. The Hall–Kier alpha value is -2.56. The maximum absolute atomic E-state index is 12.1. The number of nitrogens with zero attached hydrogens (tertiary/aromatic N) is 1. The van der Waals surface area contributed by atoms with Crippen molar-refractivity contribution in [3.63, 3.8) is 0 Å². The van der Waals surface area contributed by atoms with Gasteiger partial charge in [-0.3, -0.25) is 4.79 Å². The molecule has 0 fully saturated rings. The molecule has 1 heterocycles. The first-order chi connectivity index (χ1) is 10.6. The number of para-hydroxylation sites is 2. The third-order valence-electron chi connectivity index (χ3n) is 3.44. The molecule has 0 aliphatic rings. The Morgan fingerprint density at radius 1 is 1.18 bits per heavy atom. The summed E-state index contributed by atoms with van der Waals surface area (Å²) in [6.07, 6.45) is 0.804. The average Bonchev–Trinajstić information content (AvgIpc) is 2.56. The minimum Gasteiger partial charge on any atom is -0.481 e. The minimum atomic E-state index is -0.0250. The summed E-state index contributed by atoms with van der Waals surface area (Å²) < 4.78 is 5.11. The fourth-order valence-corrected chi connectivity index (χ4v) is 1.88. The van der Waals surface area contributed by atoms with Crippen LogP contribution < -0.4 is 15.4 Å². The summed E-state index contributed by atoms with van der Waals surface area (Å²) in [6.45, 7) is 3.91. The maximum Gasteiger partial charge on any atom is 0.227 e. The first-order valence-electron chi connectivity index (χ1n) is 7.32. The number of carbonyl (C=O) groups is 1. The Bertz CT molecular complexity index is 643. The molecule has 2 aromatic rings. The van der Waals surface area contributed by atoms with Crippen LogP contribution in [0, 0.1) is 5.92 Å². The average molecular weight is 299 g/mol. The SMILES string of the molecule is CCC(C)C(=O)Nc1ccccc1Nc1cccc(OC)n1. The number of rotatable bonds is 6. The first kappa shape index (κ1) is 15.8. The summed E-state index contributed by atoms with van der Waals surface area (Å²) in [5, 5.41) is 6.15. The van der Waals surface area contributed by atoms with Gasteiger partial charge in [-0.1, -0.05) is 32.0 Å². The fourth-order valence-electron chi connectivity index (χ4n) is 1.88. The number of hydrogen-bond acceptors (Lipinski definition) is 4. The molecule has 0 spiro atoms. The summed E-state index contributed by atoms with van der Waals surface area (Å²) >= 11 is 0. The maximum atomic E-state index is 12.1. The lowest BCUT2D eigenvalue weighted by Crippen LogP contribution is -2.20. The lowest BCUT2D eigenvalue weighted by molar-refractivity contribution is -0.119. The van der Waals surface area contributed by atoms with E-state index in [0.29, 0.717) is 11.7 Å². The largest absolute Gasteiger partial charge is 0.481 e. The van der Waals surface area contributed by atoms with Crippen LogP contribution in [0.2, 0.25) is 0 Å². The van der Waals surface area contributed by atoms with Gasteiger partial charge in [-0.2, -0.15) is 4.98 Å². The highest BCUT2D eigenvalue weighted by molar-refractivity contribution is 5.95. The zero-order valence-electron chi connectivity index (χ0n) is 13.1. The van der Waals surface area contributed by atoms with E-state index >= 15 is 0 Å². The number of methoxy groups -OCH3 is 1. The molecule has 0 saturated carbocycles. The van der Waals surface area contributed by atoms with E-state index in [1.165, 1.54) is 0 Å². The van der Waals surface area contributed by atoms with Gasteiger partial charge in [0.25, 0.3) is 0 Å². The van der Waals surface area contributed by atoms with E-state index in [2.05, 4.69) is 15.6 Å². The lowest BCUT2D eigenvalue weighted by Gasteiger charge is -2.15. The lowest BCUT2D eigenvalue weighted by atomic mass is 10.1. The van der Waals surface area contributed by atoms with Crippen molar-refractivity contribution < 1.29 is 9.53 Å². The number of hydrogen-bond donors (Lipinski definition) is 2. The summed E-state index contributed by atoms with van der Waals surface area (Å²) in [7, 11) is 1.58. The van der Waals surface area contributed by atoms with E-state index in [-0.39, 0.29) is 11.8 Å². The van der Waals surface area contributed by atoms with Crippen molar-refractivity contribution in [2.75, 3.05) is 17.7 Å². The summed E-state index contributed by atoms with van der Waals surface area (Å²) in [5.74, 6) is 1.18. The molecule has 116 valence electrons. The molecular formula is C17H21N3O2. The van der Waals surface area contributed by atoms with E-state index in [1.807, 2.05) is 50.2 Å². The number of aromatic nitrogens is 1. The number of pyridine rings is 1. The molecule has 0 radical (unpaired) electrons. The van der Waals surface area contributed by atoms with Crippen molar-refractivity contribution >= 4 is 23.1 Å². The summed E-state index contributed by atoms with van der Waals surface area (Å²) in [5.41, 5.74) is 1.53. The van der Waals surface area contributed by atoms with Gasteiger partial charge >= 0.3 is 0 Å². The van der Waals surface area contributed by atoms with Crippen molar-refractivity contribution in [3.05, 3.63) is 42.5 Å². The highest BCUT2D eigenvalue weighted by Crippen LogP contribution is 2.25. The molecule has 2 N–H and O–H groups in total. The second-order valence-electron chi connectivity index (χ2n) is 5.03. The van der Waals surface area contributed by atoms with Crippen LogP contribution in [-0.2, 0) is 4.79 Å². The summed E-state index contributed by atoms with van der Waals surface area (Å²) in [6, 6.07) is 13.0. The van der Waals surface area contributed by atoms with E-state index in [0.717, 1.165) is 17.8 Å². The molecule has 0 aliphatic heterocycles. The Morgan fingerprint density at radius 2 is 1.91 bits per heavy atom. The van der Waals surface area contributed by atoms with Crippen LogP contribution in [0.25, 0.3) is 0 Å². The van der Waals surface area contributed by atoms with Gasteiger partial charge in [0.15, 0.2) is 0 Å². The number of nitrogens with one attached hydrogen (secondary N) is 2. The monoisotopic (exact) mass is 299 g/mol. The molecule has 1 aromatic heterocycles. The van der Waals surface area contributed by atoms with Gasteiger partial charge in [-0.15, -0.1) is 0 Å². The van der Waals surface area contributed by atoms with E-state index < -0.39 is 0 Å². The standard InChI is InChI=1S/C17H21N3O2/c1-4-12(2)17(21)19-14-9-6-5-8-13(14)18-15-10-7-11-16(20-15)22-3/h5-12H,4H2,1-3H3,(H,18,20)(H,19,21). The van der Waals surface area contributed by atoms with Crippen molar-refractivity contribution in [1.29, 1.82) is 0 Å². The topological polar surface area (TPSA) is 63.2 Å². The zero-order chi connectivity index (χ0) is 15.9. The van der Waals surface area contributed by atoms with Crippen LogP contribution in [-0.4, -0.2) is 18.0 Å². The summed E-state index contributed by atoms with van der Waals surface area (Å²) in [4.78, 5) is 16.4. The molecule has 1 aromatic carbocycles. The predicted molar refractivity (Wildman–Crippen MR) is 88.6 cm³/mol. The molecule has 2 rings (SSSR count). The molecule has 0 bridgehead atoms. The van der Waals surface area contributed by atoms with Gasteiger partial charge in [-0.25, -0.2) is 0 Å². The third kappa shape index (κ3) is 3.97. The third-order valence-corrected chi connectivity index (χ3v) is 3.44. The highest BCUT2D eigenvalue weighted by atomic mass is 16.5. The molecule has 1 unspecified atom stereocenters. The van der Waals surface area contributed by atoms with Crippen LogP contribution in [0.3, 0.4) is 0 Å². The zero-order valence-corrected chi connectivity index (χ0v) is 13.1. The number of amides is 1. The Labute approximate surface area is 130 Å². The molecule has 22 heavy (non-hydrogen) atoms. The normalized spacial score (nSPS) is 11.6. The molecule has 0 saturated heterocycles. The van der Waals surface area contributed by atoms with Crippen LogP contribution in [0.4, 0.5) is 17.2 Å². The van der Waals surface area contributed by atoms with Gasteiger partial charge in [-0.05, 0) is 24.6 Å². The highest BCUT2D eigenvalue weighted by Gasteiger charge is 2.12. The number of carbonyl (C=O) groups excluding carboxylic acids is 1. The second-order valence-corrected chi connectivity index (χ2v) is 5.03. The van der Waals surface area contributed by atoms with Crippen molar-refractivity contribution in [3.8, 4) is 5.88 Å².